The molecule has 0 bridgehead atoms. The molecule has 0 aliphatic carbocycles. The van der Waals surface area contributed by atoms with E-state index >= 15 is 0 Å². The average molecular weight is 332 g/mol. The van der Waals surface area contributed by atoms with E-state index in [4.69, 9.17) is 0 Å². The van der Waals surface area contributed by atoms with Crippen LogP contribution in [0.3, 0.4) is 0 Å². The Hall–Kier alpha value is -2.08. The number of hydrogen-bond acceptors (Lipinski definition) is 5. The van der Waals surface area contributed by atoms with Gasteiger partial charge < -0.3 is 15.5 Å². The van der Waals surface area contributed by atoms with Crippen LogP contribution in [0.15, 0.2) is 30.3 Å². The summed E-state index contributed by atoms with van der Waals surface area (Å²) in [5.41, 5.74) is 2.65. The number of aryl methyl sites for hydroxylation is 1. The fourth-order valence-electron chi connectivity index (χ4n) is 2.48. The molecule has 23 heavy (non-hydrogen) atoms. The number of hydrogen-bond donors (Lipinski definition) is 2. The van der Waals surface area contributed by atoms with E-state index < -0.39 is 0 Å². The standard InChI is InChI=1S/C17H24N4OS/c1-4-21(14-9-6-5-7-10-14)12-8-11-19-16(22)15-13(2)20-23-17(15)18-3/h5-7,9-10,18H,4,8,11-12H2,1-3H3,(H,19,22). The molecule has 0 aliphatic heterocycles. The number of rotatable bonds is 8. The van der Waals surface area contributed by atoms with Crippen molar-refractivity contribution >= 4 is 28.1 Å². The van der Waals surface area contributed by atoms with Crippen LogP contribution >= 0.6 is 11.5 Å². The summed E-state index contributed by atoms with van der Waals surface area (Å²) in [6, 6.07) is 10.3. The molecule has 0 aliphatic rings. The van der Waals surface area contributed by atoms with Gasteiger partial charge in [0.1, 0.15) is 5.00 Å². The van der Waals surface area contributed by atoms with Crippen LogP contribution < -0.4 is 15.5 Å². The largest absolute Gasteiger partial charge is 0.378 e. The normalized spacial score (nSPS) is 10.4. The maximum atomic E-state index is 12.3. The third-order valence-electron chi connectivity index (χ3n) is 3.71. The van der Waals surface area contributed by atoms with Crippen molar-refractivity contribution in [3.8, 4) is 0 Å². The number of aromatic nitrogens is 1. The third kappa shape index (κ3) is 4.45. The number of benzene rings is 1. The van der Waals surface area contributed by atoms with E-state index in [1.165, 1.54) is 17.2 Å². The van der Waals surface area contributed by atoms with Crippen molar-refractivity contribution in [1.29, 1.82) is 0 Å². The van der Waals surface area contributed by atoms with Crippen LogP contribution in [0.5, 0.6) is 0 Å². The summed E-state index contributed by atoms with van der Waals surface area (Å²) in [7, 11) is 1.81. The lowest BCUT2D eigenvalue weighted by molar-refractivity contribution is 0.0954. The molecular formula is C17H24N4OS. The van der Waals surface area contributed by atoms with Crippen molar-refractivity contribution < 1.29 is 4.79 Å². The molecular weight excluding hydrogens is 308 g/mol. The van der Waals surface area contributed by atoms with E-state index in [0.29, 0.717) is 12.1 Å². The van der Waals surface area contributed by atoms with Gasteiger partial charge in [-0.1, -0.05) is 18.2 Å². The second-order valence-corrected chi connectivity index (χ2v) is 6.02. The molecule has 0 unspecified atom stereocenters. The first kappa shape index (κ1) is 17.3. The number of carbonyl (C=O) groups excluding carboxylic acids is 1. The molecule has 0 fully saturated rings. The van der Waals surface area contributed by atoms with Crippen molar-refractivity contribution in [2.75, 3.05) is 36.9 Å². The average Bonchev–Trinajstić information content (AvgIpc) is 2.96. The minimum atomic E-state index is -0.0524. The Morgan fingerprint density at radius 1 is 1.30 bits per heavy atom. The number of para-hydroxylation sites is 1. The van der Waals surface area contributed by atoms with Gasteiger partial charge in [0.2, 0.25) is 0 Å². The zero-order chi connectivity index (χ0) is 16.7. The Morgan fingerprint density at radius 2 is 2.04 bits per heavy atom. The Balaban J connectivity index is 1.83. The van der Waals surface area contributed by atoms with Gasteiger partial charge in [-0.3, -0.25) is 4.79 Å². The molecule has 124 valence electrons. The second-order valence-electron chi connectivity index (χ2n) is 5.25. The highest BCUT2D eigenvalue weighted by Gasteiger charge is 2.17. The van der Waals surface area contributed by atoms with Gasteiger partial charge in [-0.25, -0.2) is 0 Å². The van der Waals surface area contributed by atoms with Gasteiger partial charge in [-0.15, -0.1) is 0 Å². The van der Waals surface area contributed by atoms with Crippen molar-refractivity contribution in [1.82, 2.24) is 9.69 Å². The summed E-state index contributed by atoms with van der Waals surface area (Å²) in [5.74, 6) is -0.0524. The first-order valence-corrected chi connectivity index (χ1v) is 8.67. The molecule has 1 aromatic carbocycles. The monoisotopic (exact) mass is 332 g/mol. The van der Waals surface area contributed by atoms with Crippen LogP contribution in [-0.2, 0) is 0 Å². The molecule has 0 spiro atoms. The zero-order valence-electron chi connectivity index (χ0n) is 13.9. The van der Waals surface area contributed by atoms with Gasteiger partial charge in [0.25, 0.3) is 5.91 Å². The summed E-state index contributed by atoms with van der Waals surface area (Å²) in [4.78, 5) is 14.6. The van der Waals surface area contributed by atoms with Crippen molar-refractivity contribution in [2.45, 2.75) is 20.3 Å². The van der Waals surface area contributed by atoms with Crippen LogP contribution in [0, 0.1) is 6.92 Å². The van der Waals surface area contributed by atoms with Gasteiger partial charge in [0.15, 0.2) is 0 Å². The smallest absolute Gasteiger partial charge is 0.256 e. The zero-order valence-corrected chi connectivity index (χ0v) is 14.7. The molecule has 0 radical (unpaired) electrons. The third-order valence-corrected chi connectivity index (χ3v) is 4.67. The quantitative estimate of drug-likeness (QED) is 0.729. The van der Waals surface area contributed by atoms with Gasteiger partial charge in [0.05, 0.1) is 11.3 Å². The van der Waals surface area contributed by atoms with Crippen LogP contribution in [0.1, 0.15) is 29.4 Å². The highest BCUT2D eigenvalue weighted by Crippen LogP contribution is 2.23. The van der Waals surface area contributed by atoms with Gasteiger partial charge in [-0.05, 0) is 43.9 Å². The number of anilines is 2. The van der Waals surface area contributed by atoms with Crippen LogP contribution in [-0.4, -0.2) is 37.0 Å². The molecule has 5 nitrogen and oxygen atoms in total. The Labute approximate surface area is 141 Å². The molecule has 2 aromatic rings. The molecule has 1 heterocycles. The summed E-state index contributed by atoms with van der Waals surface area (Å²) >= 11 is 1.32. The van der Waals surface area contributed by atoms with Gasteiger partial charge >= 0.3 is 0 Å². The van der Waals surface area contributed by atoms with E-state index in [2.05, 4.69) is 39.0 Å². The SMILES string of the molecule is CCN(CCCNC(=O)c1c(C)nsc1NC)c1ccccc1. The first-order valence-electron chi connectivity index (χ1n) is 7.89. The second kappa shape index (κ2) is 8.53. The summed E-state index contributed by atoms with van der Waals surface area (Å²) in [6.45, 7) is 6.53. The van der Waals surface area contributed by atoms with E-state index in [-0.39, 0.29) is 5.91 Å². The molecule has 0 atom stereocenters. The fraction of sp³-hybridized carbons (Fsp3) is 0.412. The maximum Gasteiger partial charge on any atom is 0.256 e. The topological polar surface area (TPSA) is 57.3 Å². The molecule has 2 rings (SSSR count). The Bertz CT molecular complexity index is 627. The molecule has 0 saturated heterocycles. The van der Waals surface area contributed by atoms with Crippen molar-refractivity contribution in [3.05, 3.63) is 41.6 Å². The number of nitrogens with zero attached hydrogens (tertiary/aromatic N) is 2. The summed E-state index contributed by atoms with van der Waals surface area (Å²) < 4.78 is 4.23. The predicted octanol–water partition coefficient (Wildman–Crippen LogP) is 3.14. The minimum absolute atomic E-state index is 0.0524. The van der Waals surface area contributed by atoms with E-state index in [9.17, 15) is 4.79 Å². The highest BCUT2D eigenvalue weighted by molar-refractivity contribution is 7.10. The molecule has 6 heteroatoms. The lowest BCUT2D eigenvalue weighted by Crippen LogP contribution is -2.30. The van der Waals surface area contributed by atoms with Crippen molar-refractivity contribution in [2.24, 2.45) is 0 Å². The predicted molar refractivity (Wildman–Crippen MR) is 97.7 cm³/mol. The minimum Gasteiger partial charge on any atom is -0.378 e. The van der Waals surface area contributed by atoms with Gasteiger partial charge in [-0.2, -0.15) is 4.37 Å². The first-order chi connectivity index (χ1) is 11.2. The molecule has 1 amide bonds. The maximum absolute atomic E-state index is 12.3. The number of amides is 1. The van der Waals surface area contributed by atoms with E-state index in [1.807, 2.05) is 32.2 Å². The van der Waals surface area contributed by atoms with E-state index in [0.717, 1.165) is 30.2 Å². The summed E-state index contributed by atoms with van der Waals surface area (Å²) in [5, 5.41) is 6.84. The van der Waals surface area contributed by atoms with Crippen LogP contribution in [0.4, 0.5) is 10.7 Å². The van der Waals surface area contributed by atoms with Gasteiger partial charge in [0, 0.05) is 32.4 Å². The molecule has 2 N–H and O–H groups in total. The van der Waals surface area contributed by atoms with Crippen LogP contribution in [0.25, 0.3) is 0 Å². The van der Waals surface area contributed by atoms with Crippen molar-refractivity contribution in [3.63, 3.8) is 0 Å². The lowest BCUT2D eigenvalue weighted by Gasteiger charge is -2.23. The Kier molecular flexibility index (Phi) is 6.40. The van der Waals surface area contributed by atoms with E-state index in [1.54, 1.807) is 0 Å². The molecule has 1 aromatic heterocycles. The van der Waals surface area contributed by atoms with Crippen LogP contribution in [0.2, 0.25) is 0 Å². The number of carbonyl (C=O) groups is 1. The lowest BCUT2D eigenvalue weighted by atomic mass is 10.2. The fourth-order valence-corrected chi connectivity index (χ4v) is 3.22. The number of nitrogens with one attached hydrogen (secondary N) is 2. The highest BCUT2D eigenvalue weighted by atomic mass is 32.1. The Morgan fingerprint density at radius 3 is 2.70 bits per heavy atom. The summed E-state index contributed by atoms with van der Waals surface area (Å²) in [6.07, 6.45) is 0.903. The molecule has 0 saturated carbocycles.